The molecule has 0 aromatic heterocycles. The molecule has 0 aromatic carbocycles. The van der Waals surface area contributed by atoms with Crippen molar-refractivity contribution in [1.29, 1.82) is 0 Å². The number of hydrogen-bond donors (Lipinski definition) is 22. The molecule has 0 unspecified atom stereocenters. The number of aliphatic carboxylic acids is 2. The maximum Gasteiger partial charge on any atom is 0.326 e. The number of carbonyl (C=O) groups excluding carboxylic acids is 13. The van der Waals surface area contributed by atoms with Crippen LogP contribution in [-0.4, -0.2) is 223 Å². The average molecular weight is 1710 g/mol. The van der Waals surface area contributed by atoms with Gasteiger partial charge in [0.1, 0.15) is 78.5 Å². The molecule has 29 N–H and O–H groups in total. The number of unbranched alkanes of at least 4 members (excludes halogenated alkanes) is 6. The van der Waals surface area contributed by atoms with E-state index in [1.807, 2.05) is 55.4 Å². The fourth-order valence-corrected chi connectivity index (χ4v) is 13.4. The first-order chi connectivity index (χ1) is 56.5. The molecule has 0 spiro atoms. The van der Waals surface area contributed by atoms with Crippen LogP contribution in [0, 0.1) is 41.4 Å². The Balaban J connectivity index is 7.41. The predicted molar refractivity (Wildman–Crippen MR) is 461 cm³/mol. The van der Waals surface area contributed by atoms with Gasteiger partial charge in [0.15, 0.2) is 0 Å². The Bertz CT molecular complexity index is 3110. The molecule has 0 heterocycles. The topological polar surface area (TPSA) is 635 Å². The third kappa shape index (κ3) is 49.0. The number of carbonyl (C=O) groups is 15. The molecule has 692 valence electrons. The number of hydrogen-bond acceptors (Lipinski definition) is 22. The minimum absolute atomic E-state index is 0.00184. The lowest BCUT2D eigenvalue weighted by Gasteiger charge is -2.30. The second-order valence-electron chi connectivity index (χ2n) is 34.8. The van der Waals surface area contributed by atoms with Crippen molar-refractivity contribution < 1.29 is 82.1 Å². The smallest absolute Gasteiger partial charge is 0.326 e. The summed E-state index contributed by atoms with van der Waals surface area (Å²) >= 11 is 0. The van der Waals surface area contributed by atoms with Crippen LogP contribution in [0.25, 0.3) is 0 Å². The molecule has 0 saturated heterocycles. The first-order valence-corrected chi connectivity index (χ1v) is 43.8. The van der Waals surface area contributed by atoms with Crippen molar-refractivity contribution in [3.8, 4) is 0 Å². The standard InChI is InChI=1S/C83H158N20O17/c1-48(2)41-62(97-70(106)55(90)27-15-21-35-84)80(116)101-64(43-50(5)6)78(114)94-59(31-19-25-39-88)74(110)98-67(46-53(11)12)81(117)102-65(44-51(7)8)77(113)92-57(29-17-23-37-86)71(107)91-56(28-16-22-36-85)72(108)95-60(33-34-69(104)105)75(111)100-63(42-49(3)4)76(112)93-58(30-18-24-38-87)73(109)99-68(47-54(13)14)82(118)103-66(45-52(9)10)79(115)96-61(83(119)120)32-20-26-40-89/h48-68H,15-47,84-90H2,1-14H3,(H,91,107)(H,92,113)(H,93,112)(H,94,114)(H,95,108)(H,96,115)(H,97,106)(H,98,110)(H,99,109)(H,100,111)(H,101,116)(H,102,117)(H,103,118)(H,104,105)(H,119,120)/t55-,56-,57-,58-,59-,60-,61-,62-,63-,64-,65-,66-,67-,68-/m0/s1. The van der Waals surface area contributed by atoms with E-state index in [2.05, 4.69) is 69.1 Å². The first kappa shape index (κ1) is 112. The largest absolute Gasteiger partial charge is 0.481 e. The highest BCUT2D eigenvalue weighted by molar-refractivity contribution is 6.00. The van der Waals surface area contributed by atoms with Gasteiger partial charge in [-0.15, -0.1) is 0 Å². The maximum atomic E-state index is 14.8. The molecule has 37 nitrogen and oxygen atoms in total. The van der Waals surface area contributed by atoms with Gasteiger partial charge in [-0.1, -0.05) is 103 Å². The van der Waals surface area contributed by atoms with Crippen LogP contribution in [0.1, 0.15) is 270 Å². The van der Waals surface area contributed by atoms with Crippen molar-refractivity contribution in [3.63, 3.8) is 0 Å². The lowest BCUT2D eigenvalue weighted by atomic mass is 9.98. The highest BCUT2D eigenvalue weighted by Crippen LogP contribution is 2.19. The normalized spacial score (nSPS) is 15.1. The summed E-state index contributed by atoms with van der Waals surface area (Å²) in [5.41, 5.74) is 41.0. The Morgan fingerprint density at radius 3 is 0.533 bits per heavy atom. The second-order valence-corrected chi connectivity index (χ2v) is 34.8. The SMILES string of the molecule is CC(C)C[C@H](NC(=O)[C@H](CC(C)C)NC(=O)[C@H](CCCCN)NC(=O)[C@H](CC(C)C)NC(=O)[C@H](CCC(=O)O)NC(=O)[C@H](CCCCN)NC(=O)[C@H](CCCCN)NC(=O)[C@H](CC(C)C)NC(=O)[C@H](CC(C)C)NC(=O)[C@H](CCCCN)NC(=O)[C@H](CC(C)C)NC(=O)[C@H](CC(C)C)NC(=O)[C@@H](N)CCCCN)C(=O)N[C@@H](CCCCN)C(=O)O. The van der Waals surface area contributed by atoms with Gasteiger partial charge in [0.25, 0.3) is 0 Å². The Morgan fingerprint density at radius 1 is 0.208 bits per heavy atom. The molecule has 14 atom stereocenters. The van der Waals surface area contributed by atoms with Crippen molar-refractivity contribution in [3.05, 3.63) is 0 Å². The van der Waals surface area contributed by atoms with Crippen LogP contribution in [0.3, 0.4) is 0 Å². The summed E-state index contributed by atoms with van der Waals surface area (Å²) in [5.74, 6) is -14.1. The summed E-state index contributed by atoms with van der Waals surface area (Å²) < 4.78 is 0. The summed E-state index contributed by atoms with van der Waals surface area (Å²) in [6, 6.07) is -18.0. The van der Waals surface area contributed by atoms with E-state index < -0.39 is 186 Å². The molecule has 0 aliphatic heterocycles. The van der Waals surface area contributed by atoms with E-state index in [1.165, 1.54) is 0 Å². The molecule has 120 heavy (non-hydrogen) atoms. The Kier molecular flexibility index (Phi) is 58.5. The summed E-state index contributed by atoms with van der Waals surface area (Å²) in [4.78, 5) is 212. The fraction of sp³-hybridized carbons (Fsp3) is 0.819. The molecular formula is C83H158N20O17. The quantitative estimate of drug-likeness (QED) is 0.0372. The number of amides is 13. The molecule has 0 rings (SSSR count). The van der Waals surface area contributed by atoms with Crippen molar-refractivity contribution in [1.82, 2.24) is 69.1 Å². The summed E-state index contributed by atoms with van der Waals surface area (Å²) in [7, 11) is 0. The molecule has 0 aromatic rings. The van der Waals surface area contributed by atoms with Gasteiger partial charge in [-0.05, 0) is 241 Å². The summed E-state index contributed by atoms with van der Waals surface area (Å²) in [6.07, 6.45) is 4.84. The number of carboxylic acid groups (broad SMARTS) is 2. The lowest BCUT2D eigenvalue weighted by Crippen LogP contribution is -2.61. The minimum atomic E-state index is -1.66. The van der Waals surface area contributed by atoms with E-state index in [4.69, 9.17) is 40.1 Å². The lowest BCUT2D eigenvalue weighted by molar-refractivity contribution is -0.142. The van der Waals surface area contributed by atoms with Crippen LogP contribution in [0.2, 0.25) is 0 Å². The van der Waals surface area contributed by atoms with Crippen molar-refractivity contribution in [2.24, 2.45) is 81.6 Å². The third-order valence-electron chi connectivity index (χ3n) is 19.8. The second kappa shape index (κ2) is 62.8. The minimum Gasteiger partial charge on any atom is -0.481 e. The zero-order valence-electron chi connectivity index (χ0n) is 74.5. The monoisotopic (exact) mass is 1710 g/mol. The zero-order chi connectivity index (χ0) is 91.3. The molecule has 0 aliphatic carbocycles. The van der Waals surface area contributed by atoms with Gasteiger partial charge < -0.3 is 119 Å². The van der Waals surface area contributed by atoms with Crippen LogP contribution in [0.4, 0.5) is 0 Å². The molecule has 13 amide bonds. The molecule has 0 radical (unpaired) electrons. The van der Waals surface area contributed by atoms with Gasteiger partial charge in [0, 0.05) is 6.42 Å². The van der Waals surface area contributed by atoms with Gasteiger partial charge in [-0.2, -0.15) is 0 Å². The van der Waals surface area contributed by atoms with Crippen LogP contribution in [0.5, 0.6) is 0 Å². The van der Waals surface area contributed by atoms with Gasteiger partial charge in [0.05, 0.1) is 6.04 Å². The number of nitrogens with two attached hydrogens (primary N) is 7. The van der Waals surface area contributed by atoms with Crippen LogP contribution < -0.4 is 109 Å². The maximum absolute atomic E-state index is 14.8. The Morgan fingerprint density at radius 2 is 0.358 bits per heavy atom. The van der Waals surface area contributed by atoms with E-state index in [9.17, 15) is 82.1 Å². The Hall–Kier alpha value is -8.23. The van der Waals surface area contributed by atoms with Gasteiger partial charge >= 0.3 is 11.9 Å². The van der Waals surface area contributed by atoms with Gasteiger partial charge in [0.2, 0.25) is 76.8 Å². The Labute approximate surface area is 712 Å². The number of carboxylic acids is 2. The molecule has 0 fully saturated rings. The van der Waals surface area contributed by atoms with E-state index in [1.54, 1.807) is 41.5 Å². The molecule has 0 aliphatic rings. The van der Waals surface area contributed by atoms with Crippen molar-refractivity contribution in [2.75, 3.05) is 39.3 Å². The van der Waals surface area contributed by atoms with Crippen LogP contribution in [0.15, 0.2) is 0 Å². The molecule has 0 saturated carbocycles. The van der Waals surface area contributed by atoms with E-state index >= 15 is 0 Å². The summed E-state index contributed by atoms with van der Waals surface area (Å²) in [6.45, 7) is 27.0. The third-order valence-corrected chi connectivity index (χ3v) is 19.8. The van der Waals surface area contributed by atoms with Gasteiger partial charge in [-0.3, -0.25) is 67.1 Å². The van der Waals surface area contributed by atoms with Gasteiger partial charge in [-0.25, -0.2) is 4.79 Å². The summed E-state index contributed by atoms with van der Waals surface area (Å²) in [5, 5.41) is 55.4. The van der Waals surface area contributed by atoms with Crippen LogP contribution >= 0.6 is 0 Å². The zero-order valence-corrected chi connectivity index (χ0v) is 74.5. The highest BCUT2D eigenvalue weighted by Gasteiger charge is 2.39. The molecular weight excluding hydrogens is 1550 g/mol. The van der Waals surface area contributed by atoms with E-state index in [0.717, 1.165) is 0 Å². The average Bonchev–Trinajstić information content (AvgIpc) is 0.855. The molecule has 0 bridgehead atoms. The van der Waals surface area contributed by atoms with Crippen LogP contribution in [-0.2, 0) is 71.9 Å². The number of rotatable bonds is 68. The predicted octanol–water partition coefficient (Wildman–Crippen LogP) is 0.662. The van der Waals surface area contributed by atoms with Crippen molar-refractivity contribution >= 4 is 88.7 Å². The first-order valence-electron chi connectivity index (χ1n) is 43.8. The van der Waals surface area contributed by atoms with E-state index in [0.29, 0.717) is 83.7 Å². The van der Waals surface area contributed by atoms with E-state index in [-0.39, 0.29) is 157 Å². The molecule has 37 heteroatoms. The number of nitrogens with one attached hydrogen (secondary N) is 13. The van der Waals surface area contributed by atoms with Crippen molar-refractivity contribution in [2.45, 2.75) is 355 Å². The highest BCUT2D eigenvalue weighted by atomic mass is 16.4. The fourth-order valence-electron chi connectivity index (χ4n) is 13.4.